The Morgan fingerprint density at radius 3 is 2.26 bits per heavy atom. The second kappa shape index (κ2) is 5.73. The molecule has 4 heteroatoms. The number of hydrazone groups is 1. The summed E-state index contributed by atoms with van der Waals surface area (Å²) in [4.78, 5) is 12.3. The molecule has 1 aromatic carbocycles. The number of halogens is 1. The van der Waals surface area contributed by atoms with Crippen molar-refractivity contribution in [1.29, 1.82) is 0 Å². The third-order valence-corrected chi connectivity index (χ3v) is 6.94. The minimum absolute atomic E-state index is 0.137. The van der Waals surface area contributed by atoms with Gasteiger partial charge in [0.2, 0.25) is 0 Å². The van der Waals surface area contributed by atoms with E-state index in [-0.39, 0.29) is 11.3 Å². The normalized spacial score (nSPS) is 35.4. The summed E-state index contributed by atoms with van der Waals surface area (Å²) in [5.74, 6) is 2.54. The molecule has 5 rings (SSSR count). The van der Waals surface area contributed by atoms with Gasteiger partial charge in [0.05, 0.1) is 5.56 Å². The van der Waals surface area contributed by atoms with E-state index in [9.17, 15) is 4.79 Å². The van der Waals surface area contributed by atoms with Crippen LogP contribution in [0.4, 0.5) is 0 Å². The summed E-state index contributed by atoms with van der Waals surface area (Å²) < 4.78 is 0.806. The number of nitrogens with one attached hydrogen (secondary N) is 1. The third-order valence-electron chi connectivity index (χ3n) is 6.25. The predicted molar refractivity (Wildman–Crippen MR) is 95.3 cm³/mol. The highest BCUT2D eigenvalue weighted by atomic mass is 79.9. The average Bonchev–Trinajstić information content (AvgIpc) is 2.51. The summed E-state index contributed by atoms with van der Waals surface area (Å²) in [6.07, 6.45) is 8.11. The molecule has 4 saturated carbocycles. The van der Waals surface area contributed by atoms with Crippen LogP contribution in [0, 0.1) is 23.2 Å². The summed E-state index contributed by atoms with van der Waals surface area (Å²) in [5, 5.41) is 4.53. The van der Waals surface area contributed by atoms with Crippen LogP contribution in [-0.2, 0) is 0 Å². The maximum Gasteiger partial charge on any atom is 0.272 e. The van der Waals surface area contributed by atoms with Crippen molar-refractivity contribution in [3.05, 3.63) is 34.3 Å². The minimum atomic E-state index is -0.137. The van der Waals surface area contributed by atoms with Crippen LogP contribution < -0.4 is 5.43 Å². The molecule has 1 aromatic rings. The molecule has 0 atom stereocenters. The van der Waals surface area contributed by atoms with E-state index in [2.05, 4.69) is 33.4 Å². The fourth-order valence-corrected chi connectivity index (χ4v) is 5.98. The smallest absolute Gasteiger partial charge is 0.267 e. The van der Waals surface area contributed by atoms with Gasteiger partial charge in [-0.2, -0.15) is 5.10 Å². The van der Waals surface area contributed by atoms with Crippen molar-refractivity contribution >= 4 is 27.5 Å². The van der Waals surface area contributed by atoms with Crippen molar-refractivity contribution in [3.63, 3.8) is 0 Å². The molecule has 23 heavy (non-hydrogen) atoms. The Bertz CT molecular complexity index is 632. The van der Waals surface area contributed by atoms with E-state index in [0.29, 0.717) is 5.56 Å². The molecule has 0 aliphatic heterocycles. The molecule has 4 bridgehead atoms. The molecule has 4 aliphatic carbocycles. The van der Waals surface area contributed by atoms with Crippen molar-refractivity contribution in [3.8, 4) is 0 Å². The number of carbonyl (C=O) groups excluding carboxylic acids is 1. The van der Waals surface area contributed by atoms with E-state index < -0.39 is 0 Å². The van der Waals surface area contributed by atoms with Crippen molar-refractivity contribution in [1.82, 2.24) is 5.43 Å². The zero-order valence-corrected chi connectivity index (χ0v) is 15.1. The highest BCUT2D eigenvalue weighted by Gasteiger charge is 2.52. The Labute approximate surface area is 146 Å². The fraction of sp³-hybridized carbons (Fsp3) is 0.579. The molecular weight excluding hydrogens is 352 g/mol. The average molecular weight is 375 g/mol. The molecule has 3 nitrogen and oxygen atoms in total. The fourth-order valence-electron chi connectivity index (χ4n) is 5.51. The molecular formula is C19H23BrN2O. The van der Waals surface area contributed by atoms with Crippen LogP contribution in [0.25, 0.3) is 0 Å². The number of benzene rings is 1. The van der Waals surface area contributed by atoms with Gasteiger partial charge in [0, 0.05) is 15.6 Å². The highest BCUT2D eigenvalue weighted by Crippen LogP contribution is 2.60. The molecule has 1 N–H and O–H groups in total. The van der Waals surface area contributed by atoms with Gasteiger partial charge >= 0.3 is 0 Å². The first kappa shape index (κ1) is 15.4. The Morgan fingerprint density at radius 1 is 1.13 bits per heavy atom. The number of hydrogen-bond acceptors (Lipinski definition) is 2. The zero-order chi connectivity index (χ0) is 16.0. The molecule has 122 valence electrons. The molecule has 0 saturated heterocycles. The standard InChI is InChI=1S/C19H23BrN2O/c1-12(21-22-18(23)16-4-2-3-5-17(16)20)19-9-13-6-14(10-19)8-15(7-13)11-19/h2-5,13-15H,6-11H2,1H3,(H,22,23). The maximum atomic E-state index is 12.3. The second-order valence-corrected chi connectivity index (χ2v) is 8.67. The second-order valence-electron chi connectivity index (χ2n) is 7.82. The van der Waals surface area contributed by atoms with Crippen LogP contribution in [-0.4, -0.2) is 11.6 Å². The molecule has 0 heterocycles. The lowest BCUT2D eigenvalue weighted by Crippen LogP contribution is -2.49. The van der Waals surface area contributed by atoms with Crippen molar-refractivity contribution in [2.45, 2.75) is 45.4 Å². The monoisotopic (exact) mass is 374 g/mol. The molecule has 4 fully saturated rings. The van der Waals surface area contributed by atoms with Gasteiger partial charge in [0.15, 0.2) is 0 Å². The zero-order valence-electron chi connectivity index (χ0n) is 13.5. The molecule has 0 unspecified atom stereocenters. The van der Waals surface area contributed by atoms with Crippen LogP contribution in [0.2, 0.25) is 0 Å². The van der Waals surface area contributed by atoms with Crippen LogP contribution in [0.5, 0.6) is 0 Å². The Kier molecular flexibility index (Phi) is 3.83. The van der Waals surface area contributed by atoms with Crippen molar-refractivity contribution in [2.24, 2.45) is 28.3 Å². The number of amides is 1. The first-order valence-electron chi connectivity index (χ1n) is 8.65. The van der Waals surface area contributed by atoms with Crippen LogP contribution >= 0.6 is 15.9 Å². The SMILES string of the molecule is CC(=NNC(=O)c1ccccc1Br)C12CC3CC(CC(C3)C1)C2. The lowest BCUT2D eigenvalue weighted by molar-refractivity contribution is -0.0128. The lowest BCUT2D eigenvalue weighted by atomic mass is 9.48. The largest absolute Gasteiger partial charge is 0.272 e. The van der Waals surface area contributed by atoms with E-state index >= 15 is 0 Å². The van der Waals surface area contributed by atoms with Gasteiger partial charge in [-0.1, -0.05) is 12.1 Å². The molecule has 0 radical (unpaired) electrons. The van der Waals surface area contributed by atoms with E-state index in [1.54, 1.807) is 0 Å². The van der Waals surface area contributed by atoms with Crippen molar-refractivity contribution < 1.29 is 4.79 Å². The minimum Gasteiger partial charge on any atom is -0.267 e. The third kappa shape index (κ3) is 2.75. The van der Waals surface area contributed by atoms with Crippen molar-refractivity contribution in [2.75, 3.05) is 0 Å². The first-order valence-corrected chi connectivity index (χ1v) is 9.45. The van der Waals surface area contributed by atoms with Gasteiger partial charge in [-0.05, 0) is 91.3 Å². The molecule has 4 aliphatic rings. The summed E-state index contributed by atoms with van der Waals surface area (Å²) in [6, 6.07) is 7.47. The van der Waals surface area contributed by atoms with Crippen LogP contribution in [0.3, 0.4) is 0 Å². The Hall–Kier alpha value is -1.16. The lowest BCUT2D eigenvalue weighted by Gasteiger charge is -2.56. The van der Waals surface area contributed by atoms with E-state index in [1.165, 1.54) is 38.5 Å². The summed E-state index contributed by atoms with van der Waals surface area (Å²) in [6.45, 7) is 2.12. The Morgan fingerprint density at radius 2 is 1.70 bits per heavy atom. The van der Waals surface area contributed by atoms with Gasteiger partial charge in [-0.15, -0.1) is 0 Å². The van der Waals surface area contributed by atoms with Crippen LogP contribution in [0.15, 0.2) is 33.8 Å². The van der Waals surface area contributed by atoms with Gasteiger partial charge < -0.3 is 0 Å². The predicted octanol–water partition coefficient (Wildman–Crippen LogP) is 4.77. The highest BCUT2D eigenvalue weighted by molar-refractivity contribution is 9.10. The number of carbonyl (C=O) groups is 1. The van der Waals surface area contributed by atoms with Gasteiger partial charge in [-0.3, -0.25) is 4.79 Å². The maximum absolute atomic E-state index is 12.3. The first-order chi connectivity index (χ1) is 11.1. The molecule has 0 spiro atoms. The van der Waals surface area contributed by atoms with E-state index in [1.807, 2.05) is 24.3 Å². The topological polar surface area (TPSA) is 41.5 Å². The van der Waals surface area contributed by atoms with Crippen LogP contribution in [0.1, 0.15) is 55.8 Å². The quantitative estimate of drug-likeness (QED) is 0.600. The van der Waals surface area contributed by atoms with E-state index in [0.717, 1.165) is 27.9 Å². The van der Waals surface area contributed by atoms with Gasteiger partial charge in [-0.25, -0.2) is 5.43 Å². The number of nitrogens with zero attached hydrogens (tertiary/aromatic N) is 1. The molecule has 1 amide bonds. The summed E-state index contributed by atoms with van der Waals surface area (Å²) in [5.41, 5.74) is 4.81. The Balaban J connectivity index is 1.51. The van der Waals surface area contributed by atoms with Gasteiger partial charge in [0.25, 0.3) is 5.91 Å². The number of rotatable bonds is 3. The summed E-state index contributed by atoms with van der Waals surface area (Å²) in [7, 11) is 0. The number of hydrogen-bond donors (Lipinski definition) is 1. The molecule has 0 aromatic heterocycles. The summed E-state index contributed by atoms with van der Waals surface area (Å²) >= 11 is 3.43. The van der Waals surface area contributed by atoms with E-state index in [4.69, 9.17) is 0 Å². The van der Waals surface area contributed by atoms with Gasteiger partial charge in [0.1, 0.15) is 0 Å².